The van der Waals surface area contributed by atoms with Gasteiger partial charge in [0.1, 0.15) is 16.5 Å². The second-order valence-electron chi connectivity index (χ2n) is 7.60. The van der Waals surface area contributed by atoms with Crippen LogP contribution in [0.4, 0.5) is 5.69 Å². The number of amides is 1. The summed E-state index contributed by atoms with van der Waals surface area (Å²) in [5.41, 5.74) is 0.608. The highest BCUT2D eigenvalue weighted by atomic mass is 35.5. The molecule has 176 valence electrons. The number of methoxy groups -OCH3 is 1. The van der Waals surface area contributed by atoms with Gasteiger partial charge in [-0.15, -0.1) is 0 Å². The van der Waals surface area contributed by atoms with Gasteiger partial charge in [0.2, 0.25) is 10.0 Å². The van der Waals surface area contributed by atoms with Crippen molar-refractivity contribution < 1.29 is 27.5 Å². The Kier molecular flexibility index (Phi) is 8.27. The maximum absolute atomic E-state index is 12.5. The van der Waals surface area contributed by atoms with Crippen LogP contribution in [0.5, 0.6) is 5.75 Å². The Morgan fingerprint density at radius 1 is 1.28 bits per heavy atom. The maximum atomic E-state index is 12.5. The van der Waals surface area contributed by atoms with Gasteiger partial charge in [0.25, 0.3) is 5.91 Å². The van der Waals surface area contributed by atoms with Crippen LogP contribution in [-0.2, 0) is 26.1 Å². The zero-order chi connectivity index (χ0) is 24.2. The van der Waals surface area contributed by atoms with E-state index in [0.717, 1.165) is 4.31 Å². The topological polar surface area (TPSA) is 120 Å². The van der Waals surface area contributed by atoms with Crippen LogP contribution < -0.4 is 10.1 Å². The number of aryl methyl sites for hydroxylation is 1. The molecule has 1 heterocycles. The van der Waals surface area contributed by atoms with Crippen LogP contribution in [-0.4, -0.2) is 62.2 Å². The predicted octanol–water partition coefficient (Wildman–Crippen LogP) is 2.56. The van der Waals surface area contributed by atoms with Crippen molar-refractivity contribution in [3.05, 3.63) is 34.6 Å². The van der Waals surface area contributed by atoms with Crippen LogP contribution >= 0.6 is 11.6 Å². The summed E-state index contributed by atoms with van der Waals surface area (Å²) in [5, 5.41) is 6.89. The number of anilines is 1. The van der Waals surface area contributed by atoms with Crippen LogP contribution in [0.2, 0.25) is 5.15 Å². The van der Waals surface area contributed by atoms with Crippen molar-refractivity contribution >= 4 is 39.2 Å². The summed E-state index contributed by atoms with van der Waals surface area (Å²) in [6.07, 6.45) is 0. The number of halogens is 1. The quantitative estimate of drug-likeness (QED) is 0.541. The number of carbonyl (C=O) groups excluding carboxylic acids is 2. The fourth-order valence-corrected chi connectivity index (χ4v) is 4.05. The molecule has 0 atom stereocenters. The molecule has 0 radical (unpaired) electrons. The predicted molar refractivity (Wildman–Crippen MR) is 120 cm³/mol. The van der Waals surface area contributed by atoms with E-state index in [-0.39, 0.29) is 33.0 Å². The van der Waals surface area contributed by atoms with E-state index >= 15 is 0 Å². The van der Waals surface area contributed by atoms with Crippen molar-refractivity contribution in [3.8, 4) is 5.75 Å². The molecule has 1 aromatic carbocycles. The lowest BCUT2D eigenvalue weighted by Crippen LogP contribution is -2.23. The van der Waals surface area contributed by atoms with Gasteiger partial charge in [0.05, 0.1) is 23.4 Å². The third-order valence-electron chi connectivity index (χ3n) is 4.37. The Bertz CT molecular complexity index is 1110. The maximum Gasteiger partial charge on any atom is 0.343 e. The summed E-state index contributed by atoms with van der Waals surface area (Å²) < 4.78 is 37.5. The summed E-state index contributed by atoms with van der Waals surface area (Å²) >= 11 is 6.26. The third kappa shape index (κ3) is 5.78. The molecule has 10 nitrogen and oxygen atoms in total. The van der Waals surface area contributed by atoms with Crippen LogP contribution in [0.1, 0.15) is 29.9 Å². The molecule has 32 heavy (non-hydrogen) atoms. The van der Waals surface area contributed by atoms with Gasteiger partial charge in [0, 0.05) is 20.6 Å². The molecule has 0 aliphatic rings. The van der Waals surface area contributed by atoms with Gasteiger partial charge in [-0.25, -0.2) is 17.5 Å². The van der Waals surface area contributed by atoms with Gasteiger partial charge in [0.15, 0.2) is 6.61 Å². The van der Waals surface area contributed by atoms with E-state index in [1.807, 2.05) is 13.8 Å². The largest absolute Gasteiger partial charge is 0.495 e. The van der Waals surface area contributed by atoms with Crippen LogP contribution in [0.3, 0.4) is 0 Å². The lowest BCUT2D eigenvalue weighted by Gasteiger charge is -2.15. The van der Waals surface area contributed by atoms with Crippen molar-refractivity contribution in [2.45, 2.75) is 32.2 Å². The molecule has 0 bridgehead atoms. The molecule has 0 saturated heterocycles. The molecule has 0 spiro atoms. The molecule has 1 amide bonds. The van der Waals surface area contributed by atoms with E-state index in [1.54, 1.807) is 6.92 Å². The number of esters is 1. The molecule has 2 aromatic rings. The average molecular weight is 487 g/mol. The fraction of sp³-hybridized carbons (Fsp3) is 0.450. The molecule has 2 rings (SSSR count). The van der Waals surface area contributed by atoms with Gasteiger partial charge in [-0.3, -0.25) is 9.48 Å². The van der Waals surface area contributed by atoms with Gasteiger partial charge in [-0.05, 0) is 31.0 Å². The Morgan fingerprint density at radius 2 is 1.94 bits per heavy atom. The summed E-state index contributed by atoms with van der Waals surface area (Å²) in [7, 11) is 0.452. The summed E-state index contributed by atoms with van der Waals surface area (Å²) in [4.78, 5) is 24.8. The molecule has 0 fully saturated rings. The van der Waals surface area contributed by atoms with Crippen LogP contribution in [0.25, 0.3) is 0 Å². The Balaban J connectivity index is 2.14. The van der Waals surface area contributed by atoms with E-state index in [0.29, 0.717) is 12.2 Å². The average Bonchev–Trinajstić information content (AvgIpc) is 2.98. The van der Waals surface area contributed by atoms with E-state index in [2.05, 4.69) is 10.4 Å². The summed E-state index contributed by atoms with van der Waals surface area (Å²) in [6.45, 7) is 5.52. The van der Waals surface area contributed by atoms with E-state index < -0.39 is 28.5 Å². The normalized spacial score (nSPS) is 11.7. The first-order chi connectivity index (χ1) is 14.9. The van der Waals surface area contributed by atoms with Gasteiger partial charge in [-0.1, -0.05) is 25.4 Å². The number of sulfonamides is 1. The number of hydrogen-bond acceptors (Lipinski definition) is 7. The number of nitrogens with one attached hydrogen (secondary N) is 1. The van der Waals surface area contributed by atoms with Crippen molar-refractivity contribution in [2.24, 2.45) is 5.92 Å². The number of aromatic nitrogens is 2. The number of hydrogen-bond donors (Lipinski definition) is 1. The van der Waals surface area contributed by atoms with E-state index in [1.165, 1.54) is 44.1 Å². The molecule has 1 aromatic heterocycles. The minimum absolute atomic E-state index is 0.0319. The minimum atomic E-state index is -3.72. The van der Waals surface area contributed by atoms with Crippen LogP contribution in [0.15, 0.2) is 23.1 Å². The molecule has 0 aliphatic heterocycles. The second-order valence-corrected chi connectivity index (χ2v) is 10.1. The highest BCUT2D eigenvalue weighted by Crippen LogP contribution is 2.28. The van der Waals surface area contributed by atoms with Crippen molar-refractivity contribution in [3.63, 3.8) is 0 Å². The summed E-state index contributed by atoms with van der Waals surface area (Å²) in [5.74, 6) is -0.951. The Morgan fingerprint density at radius 3 is 2.50 bits per heavy atom. The highest BCUT2D eigenvalue weighted by molar-refractivity contribution is 7.89. The van der Waals surface area contributed by atoms with E-state index in [4.69, 9.17) is 21.1 Å². The second kappa shape index (κ2) is 10.3. The third-order valence-corrected chi connectivity index (χ3v) is 6.56. The van der Waals surface area contributed by atoms with Gasteiger partial charge < -0.3 is 14.8 Å². The number of nitrogens with zero attached hydrogens (tertiary/aromatic N) is 3. The Labute approximate surface area is 192 Å². The minimum Gasteiger partial charge on any atom is -0.495 e. The highest BCUT2D eigenvalue weighted by Gasteiger charge is 2.24. The summed E-state index contributed by atoms with van der Waals surface area (Å²) in [6, 6.07) is 4.05. The zero-order valence-corrected chi connectivity index (χ0v) is 20.4. The van der Waals surface area contributed by atoms with Crippen molar-refractivity contribution in [1.29, 1.82) is 0 Å². The number of rotatable bonds is 9. The monoisotopic (exact) mass is 486 g/mol. The SMILES string of the molecule is COc1ccc(S(=O)(=O)N(C)C)cc1NC(=O)COC(=O)c1c(C)nn(CC(C)C)c1Cl. The lowest BCUT2D eigenvalue weighted by atomic mass is 10.2. The van der Waals surface area contributed by atoms with Gasteiger partial charge in [-0.2, -0.15) is 5.10 Å². The molecular weight excluding hydrogens is 460 g/mol. The molecular formula is C20H27ClN4O6S. The standard InChI is InChI=1S/C20H27ClN4O6S/c1-12(2)10-25-19(21)18(13(3)23-25)20(27)31-11-17(26)22-15-9-14(7-8-16(15)30-6)32(28,29)24(4)5/h7-9,12H,10-11H2,1-6H3,(H,22,26). The van der Waals surface area contributed by atoms with Crippen molar-refractivity contribution in [2.75, 3.05) is 33.1 Å². The first kappa shape index (κ1) is 25.6. The van der Waals surface area contributed by atoms with Gasteiger partial charge >= 0.3 is 5.97 Å². The van der Waals surface area contributed by atoms with E-state index in [9.17, 15) is 18.0 Å². The molecule has 0 aliphatic carbocycles. The zero-order valence-electron chi connectivity index (χ0n) is 18.8. The number of ether oxygens (including phenoxy) is 2. The lowest BCUT2D eigenvalue weighted by molar-refractivity contribution is -0.119. The van der Waals surface area contributed by atoms with Crippen LogP contribution in [0, 0.1) is 12.8 Å². The number of benzene rings is 1. The molecule has 0 unspecified atom stereocenters. The first-order valence-electron chi connectivity index (χ1n) is 9.68. The molecule has 12 heteroatoms. The fourth-order valence-electron chi connectivity index (χ4n) is 2.80. The van der Waals surface area contributed by atoms with Crippen molar-refractivity contribution in [1.82, 2.24) is 14.1 Å². The smallest absolute Gasteiger partial charge is 0.343 e. The molecule has 0 saturated carbocycles. The Hall–Kier alpha value is -2.63. The number of carbonyl (C=O) groups is 2. The molecule has 1 N–H and O–H groups in total. The first-order valence-corrected chi connectivity index (χ1v) is 11.5.